The minimum Gasteiger partial charge on any atom is -0.344 e. The summed E-state index contributed by atoms with van der Waals surface area (Å²) in [6.45, 7) is 6.30. The molecule has 92 valence electrons. The van der Waals surface area contributed by atoms with Gasteiger partial charge in [0.2, 0.25) is 5.91 Å². The van der Waals surface area contributed by atoms with Gasteiger partial charge in [0.05, 0.1) is 0 Å². The monoisotopic (exact) mass is 225 g/mol. The number of nitrogens with zero attached hydrogens (tertiary/aromatic N) is 2. The highest BCUT2D eigenvalue weighted by molar-refractivity contribution is 5.76. The van der Waals surface area contributed by atoms with E-state index in [1.165, 1.54) is 12.8 Å². The molecule has 0 unspecified atom stereocenters. The van der Waals surface area contributed by atoms with E-state index in [9.17, 15) is 4.79 Å². The number of hydrogen-bond acceptors (Lipinski definition) is 3. The number of carbonyl (C=O) groups is 1. The molecular weight excluding hydrogens is 202 g/mol. The maximum Gasteiger partial charge on any atom is 0.222 e. The Morgan fingerprint density at radius 3 is 2.69 bits per heavy atom. The number of hydrogen-bond donors (Lipinski definition) is 1. The minimum absolute atomic E-state index is 0.331. The number of likely N-dealkylation sites (N-methyl/N-ethyl adjacent to an activating group) is 1. The fourth-order valence-electron chi connectivity index (χ4n) is 2.08. The van der Waals surface area contributed by atoms with Crippen LogP contribution in [0.15, 0.2) is 0 Å². The van der Waals surface area contributed by atoms with E-state index in [2.05, 4.69) is 10.2 Å². The Hall–Kier alpha value is -0.610. The summed E-state index contributed by atoms with van der Waals surface area (Å²) in [7, 11) is 1.94. The SMILES string of the molecule is CN(CCN1CCNCC1)C(=O)CC1CC1. The molecule has 0 aromatic rings. The highest BCUT2D eigenvalue weighted by Gasteiger charge is 2.25. The normalized spacial score (nSPS) is 22.1. The predicted molar refractivity (Wildman–Crippen MR) is 64.3 cm³/mol. The van der Waals surface area contributed by atoms with Gasteiger partial charge in [0.25, 0.3) is 0 Å². The first-order valence-corrected chi connectivity index (χ1v) is 6.43. The molecule has 4 heteroatoms. The highest BCUT2D eigenvalue weighted by atomic mass is 16.2. The summed E-state index contributed by atoms with van der Waals surface area (Å²) in [5.74, 6) is 1.03. The van der Waals surface area contributed by atoms with Crippen molar-refractivity contribution in [3.8, 4) is 0 Å². The van der Waals surface area contributed by atoms with Crippen LogP contribution in [0, 0.1) is 5.92 Å². The lowest BCUT2D eigenvalue weighted by Crippen LogP contribution is -2.46. The fraction of sp³-hybridized carbons (Fsp3) is 0.917. The lowest BCUT2D eigenvalue weighted by molar-refractivity contribution is -0.130. The average molecular weight is 225 g/mol. The zero-order chi connectivity index (χ0) is 11.4. The largest absolute Gasteiger partial charge is 0.344 e. The smallest absolute Gasteiger partial charge is 0.222 e. The third kappa shape index (κ3) is 3.76. The van der Waals surface area contributed by atoms with E-state index in [1.807, 2.05) is 11.9 Å². The summed E-state index contributed by atoms with van der Waals surface area (Å²) in [6.07, 6.45) is 3.30. The third-order valence-corrected chi connectivity index (χ3v) is 3.55. The molecule has 2 fully saturated rings. The molecule has 0 bridgehead atoms. The number of rotatable bonds is 5. The minimum atomic E-state index is 0.331. The van der Waals surface area contributed by atoms with Crippen LogP contribution >= 0.6 is 0 Å². The van der Waals surface area contributed by atoms with E-state index in [0.29, 0.717) is 11.8 Å². The van der Waals surface area contributed by atoms with Gasteiger partial charge in [0, 0.05) is 52.7 Å². The summed E-state index contributed by atoms with van der Waals surface area (Å²) >= 11 is 0. The van der Waals surface area contributed by atoms with Crippen molar-refractivity contribution in [2.45, 2.75) is 19.3 Å². The molecule has 0 atom stereocenters. The van der Waals surface area contributed by atoms with Gasteiger partial charge in [-0.3, -0.25) is 9.69 Å². The molecule has 0 spiro atoms. The molecule has 0 aromatic heterocycles. The summed E-state index contributed by atoms with van der Waals surface area (Å²) in [5.41, 5.74) is 0. The predicted octanol–water partition coefficient (Wildman–Crippen LogP) is 0.150. The summed E-state index contributed by atoms with van der Waals surface area (Å²) in [6, 6.07) is 0. The van der Waals surface area contributed by atoms with Crippen LogP contribution in [-0.2, 0) is 4.79 Å². The van der Waals surface area contributed by atoms with E-state index in [-0.39, 0.29) is 0 Å². The third-order valence-electron chi connectivity index (χ3n) is 3.55. The van der Waals surface area contributed by atoms with Gasteiger partial charge in [-0.25, -0.2) is 0 Å². The van der Waals surface area contributed by atoms with Gasteiger partial charge in [-0.1, -0.05) is 0 Å². The van der Waals surface area contributed by atoms with E-state index in [1.54, 1.807) is 0 Å². The first-order chi connectivity index (χ1) is 7.75. The molecule has 0 radical (unpaired) electrons. The summed E-state index contributed by atoms with van der Waals surface area (Å²) < 4.78 is 0. The zero-order valence-corrected chi connectivity index (χ0v) is 10.2. The Bertz CT molecular complexity index is 234. The van der Waals surface area contributed by atoms with Gasteiger partial charge >= 0.3 is 0 Å². The molecule has 2 rings (SSSR count). The van der Waals surface area contributed by atoms with E-state index in [4.69, 9.17) is 0 Å². The second-order valence-electron chi connectivity index (χ2n) is 5.05. The van der Waals surface area contributed by atoms with Crippen molar-refractivity contribution >= 4 is 5.91 Å². The Kier molecular flexibility index (Phi) is 4.18. The second-order valence-corrected chi connectivity index (χ2v) is 5.05. The number of nitrogens with one attached hydrogen (secondary N) is 1. The molecular formula is C12H23N3O. The van der Waals surface area contributed by atoms with Gasteiger partial charge in [0.15, 0.2) is 0 Å². The van der Waals surface area contributed by atoms with Crippen molar-refractivity contribution in [1.82, 2.24) is 15.1 Å². The van der Waals surface area contributed by atoms with Crippen molar-refractivity contribution in [2.24, 2.45) is 5.92 Å². The summed E-state index contributed by atoms with van der Waals surface area (Å²) in [4.78, 5) is 16.1. The molecule has 1 amide bonds. The quantitative estimate of drug-likeness (QED) is 0.723. The van der Waals surface area contributed by atoms with Crippen LogP contribution in [0.2, 0.25) is 0 Å². The number of carbonyl (C=O) groups excluding carboxylic acids is 1. The fourth-order valence-corrected chi connectivity index (χ4v) is 2.08. The van der Waals surface area contributed by atoms with Crippen LogP contribution in [0.5, 0.6) is 0 Å². The molecule has 2 aliphatic rings. The zero-order valence-electron chi connectivity index (χ0n) is 10.2. The first-order valence-electron chi connectivity index (χ1n) is 6.43. The van der Waals surface area contributed by atoms with Crippen molar-refractivity contribution in [1.29, 1.82) is 0 Å². The maximum atomic E-state index is 11.8. The molecule has 16 heavy (non-hydrogen) atoms. The number of piperazine rings is 1. The van der Waals surface area contributed by atoms with Crippen LogP contribution in [-0.4, -0.2) is 62.0 Å². The van der Waals surface area contributed by atoms with Crippen LogP contribution < -0.4 is 5.32 Å². The van der Waals surface area contributed by atoms with E-state index < -0.39 is 0 Å². The van der Waals surface area contributed by atoms with Crippen LogP contribution in [0.1, 0.15) is 19.3 Å². The van der Waals surface area contributed by atoms with E-state index >= 15 is 0 Å². The standard InChI is InChI=1S/C12H23N3O/c1-14(12(16)10-11-2-3-11)8-9-15-6-4-13-5-7-15/h11,13H,2-10H2,1H3. The molecule has 1 N–H and O–H groups in total. The van der Waals surface area contributed by atoms with Gasteiger partial charge in [-0.15, -0.1) is 0 Å². The van der Waals surface area contributed by atoms with Crippen LogP contribution in [0.25, 0.3) is 0 Å². The van der Waals surface area contributed by atoms with Crippen molar-refractivity contribution in [3.63, 3.8) is 0 Å². The molecule has 1 aliphatic carbocycles. The van der Waals surface area contributed by atoms with E-state index in [0.717, 1.165) is 45.7 Å². The van der Waals surface area contributed by atoms with Gasteiger partial charge in [-0.2, -0.15) is 0 Å². The summed E-state index contributed by atoms with van der Waals surface area (Å²) in [5, 5.41) is 3.34. The molecule has 1 heterocycles. The lowest BCUT2D eigenvalue weighted by Gasteiger charge is -2.29. The first kappa shape index (κ1) is 11.9. The average Bonchev–Trinajstić information content (AvgIpc) is 3.11. The lowest BCUT2D eigenvalue weighted by atomic mass is 10.2. The highest BCUT2D eigenvalue weighted by Crippen LogP contribution is 2.32. The van der Waals surface area contributed by atoms with Gasteiger partial charge in [-0.05, 0) is 18.8 Å². The Morgan fingerprint density at radius 1 is 1.38 bits per heavy atom. The topological polar surface area (TPSA) is 35.6 Å². The molecule has 1 saturated carbocycles. The van der Waals surface area contributed by atoms with Crippen LogP contribution in [0.3, 0.4) is 0 Å². The van der Waals surface area contributed by atoms with Gasteiger partial charge < -0.3 is 10.2 Å². The Balaban J connectivity index is 1.61. The van der Waals surface area contributed by atoms with Crippen molar-refractivity contribution in [2.75, 3.05) is 46.3 Å². The van der Waals surface area contributed by atoms with Crippen LogP contribution in [0.4, 0.5) is 0 Å². The van der Waals surface area contributed by atoms with Crippen molar-refractivity contribution < 1.29 is 4.79 Å². The Labute approximate surface area is 98.0 Å². The maximum absolute atomic E-state index is 11.8. The molecule has 0 aromatic carbocycles. The van der Waals surface area contributed by atoms with Gasteiger partial charge in [0.1, 0.15) is 0 Å². The number of amides is 1. The molecule has 1 saturated heterocycles. The Morgan fingerprint density at radius 2 is 2.06 bits per heavy atom. The molecule has 1 aliphatic heterocycles. The molecule has 4 nitrogen and oxygen atoms in total. The second kappa shape index (κ2) is 5.64. The van der Waals surface area contributed by atoms with Crippen molar-refractivity contribution in [3.05, 3.63) is 0 Å².